The molecule has 4 N–H and O–H groups in total. The summed E-state index contributed by atoms with van der Waals surface area (Å²) >= 11 is 0. The maximum Gasteiger partial charge on any atom is 0.292 e. The Bertz CT molecular complexity index is 1570. The molecule has 4 aromatic rings. The minimum Gasteiger partial charge on any atom is -0.393 e. The van der Waals surface area contributed by atoms with Gasteiger partial charge in [0.25, 0.3) is 11.4 Å². The summed E-state index contributed by atoms with van der Waals surface area (Å²) in [5, 5.41) is 56.2. The summed E-state index contributed by atoms with van der Waals surface area (Å²) in [5.74, 6) is 1.27. The number of aliphatic hydroxyl groups is 2. The Labute approximate surface area is 265 Å². The molecule has 2 saturated carbocycles. The molecule has 0 unspecified atom stereocenters. The monoisotopic (exact) mass is 634 g/mol. The third kappa shape index (κ3) is 7.18. The van der Waals surface area contributed by atoms with Crippen molar-refractivity contribution in [2.75, 3.05) is 10.6 Å². The molecular formula is C32H38N6O8. The molecule has 14 nitrogen and oxygen atoms in total. The highest BCUT2D eigenvalue weighted by atomic mass is 16.6. The van der Waals surface area contributed by atoms with Gasteiger partial charge in [-0.1, -0.05) is 22.4 Å². The molecule has 2 aliphatic carbocycles. The molecule has 244 valence electrons. The highest BCUT2D eigenvalue weighted by molar-refractivity contribution is 5.76. The standard InChI is InChI=1S/2C16H19N3O4/c2*1-9-16(10(2)23-18-9)11-3-6-14(15(7-11)19(21)22)17-12-4-5-13(20)8-12/h2*3,6-7,12-13,17,20H,4-5,8H2,1-2H3/t2*12-,13-/m11/s1. The topological polar surface area (TPSA) is 203 Å². The summed E-state index contributed by atoms with van der Waals surface area (Å²) in [6.45, 7) is 7.19. The first-order valence-corrected chi connectivity index (χ1v) is 15.2. The van der Waals surface area contributed by atoms with Crippen molar-refractivity contribution in [1.82, 2.24) is 10.3 Å². The lowest BCUT2D eigenvalue weighted by atomic mass is 10.0. The lowest BCUT2D eigenvalue weighted by Crippen LogP contribution is -2.17. The number of aliphatic hydroxyl groups excluding tert-OH is 2. The number of aromatic nitrogens is 2. The predicted molar refractivity (Wildman–Crippen MR) is 171 cm³/mol. The van der Waals surface area contributed by atoms with E-state index in [1.54, 1.807) is 38.1 Å². The van der Waals surface area contributed by atoms with Gasteiger partial charge in [0.1, 0.15) is 22.9 Å². The van der Waals surface area contributed by atoms with Crippen molar-refractivity contribution in [2.24, 2.45) is 0 Å². The van der Waals surface area contributed by atoms with E-state index in [1.807, 2.05) is 26.0 Å². The van der Waals surface area contributed by atoms with Gasteiger partial charge >= 0.3 is 0 Å². The van der Waals surface area contributed by atoms with Crippen LogP contribution in [0.15, 0.2) is 45.4 Å². The van der Waals surface area contributed by atoms with E-state index in [2.05, 4.69) is 20.9 Å². The number of nitrogens with one attached hydrogen (secondary N) is 2. The molecule has 0 bridgehead atoms. The fourth-order valence-corrected chi connectivity index (χ4v) is 6.33. The van der Waals surface area contributed by atoms with Crippen LogP contribution in [-0.4, -0.2) is 54.7 Å². The third-order valence-electron chi connectivity index (χ3n) is 8.56. The van der Waals surface area contributed by atoms with Crippen LogP contribution in [0.25, 0.3) is 22.3 Å². The van der Waals surface area contributed by atoms with Crippen molar-refractivity contribution < 1.29 is 29.1 Å². The molecule has 0 amide bonds. The number of aryl methyl sites for hydroxylation is 4. The summed E-state index contributed by atoms with van der Waals surface area (Å²) in [5.41, 5.74) is 5.40. The number of nitro groups is 2. The first-order valence-electron chi connectivity index (χ1n) is 15.2. The average molecular weight is 635 g/mol. The number of nitro benzene ring substituents is 2. The van der Waals surface area contributed by atoms with Crippen molar-refractivity contribution in [3.63, 3.8) is 0 Å². The van der Waals surface area contributed by atoms with Gasteiger partial charge in [-0.2, -0.15) is 0 Å². The Morgan fingerprint density at radius 2 is 1.09 bits per heavy atom. The highest BCUT2D eigenvalue weighted by Crippen LogP contribution is 2.37. The van der Waals surface area contributed by atoms with E-state index in [-0.39, 0.29) is 35.7 Å². The van der Waals surface area contributed by atoms with Gasteiger partial charge in [0.2, 0.25) is 0 Å². The Balaban J connectivity index is 0.000000181. The average Bonchev–Trinajstić information content (AvgIpc) is 3.78. The van der Waals surface area contributed by atoms with E-state index >= 15 is 0 Å². The van der Waals surface area contributed by atoms with Crippen LogP contribution in [0.3, 0.4) is 0 Å². The van der Waals surface area contributed by atoms with Gasteiger partial charge in [-0.15, -0.1) is 0 Å². The van der Waals surface area contributed by atoms with Crippen molar-refractivity contribution in [3.8, 4) is 22.3 Å². The van der Waals surface area contributed by atoms with E-state index in [4.69, 9.17) is 9.05 Å². The molecule has 2 heterocycles. The van der Waals surface area contributed by atoms with Crippen molar-refractivity contribution in [1.29, 1.82) is 0 Å². The second-order valence-electron chi connectivity index (χ2n) is 12.0. The van der Waals surface area contributed by atoms with Crippen LogP contribution < -0.4 is 10.6 Å². The molecule has 0 saturated heterocycles. The van der Waals surface area contributed by atoms with Gasteiger partial charge in [-0.25, -0.2) is 0 Å². The zero-order valence-electron chi connectivity index (χ0n) is 26.1. The first kappa shape index (κ1) is 32.6. The molecule has 2 aliphatic rings. The van der Waals surface area contributed by atoms with E-state index in [1.165, 1.54) is 0 Å². The summed E-state index contributed by atoms with van der Waals surface area (Å²) in [6, 6.07) is 10.3. The molecule has 6 rings (SSSR count). The zero-order valence-corrected chi connectivity index (χ0v) is 26.1. The van der Waals surface area contributed by atoms with Gasteiger partial charge in [0.05, 0.1) is 33.4 Å². The first-order chi connectivity index (χ1) is 21.9. The Hall–Kier alpha value is -4.82. The van der Waals surface area contributed by atoms with Gasteiger partial charge in [0, 0.05) is 35.3 Å². The quantitative estimate of drug-likeness (QED) is 0.123. The second-order valence-corrected chi connectivity index (χ2v) is 12.0. The number of benzene rings is 2. The number of nitrogens with zero attached hydrogens (tertiary/aromatic N) is 4. The fraction of sp³-hybridized carbons (Fsp3) is 0.438. The third-order valence-corrected chi connectivity index (χ3v) is 8.56. The molecule has 0 radical (unpaired) electrons. The van der Waals surface area contributed by atoms with Crippen LogP contribution in [0.2, 0.25) is 0 Å². The Kier molecular flexibility index (Phi) is 9.68. The number of hydrogen-bond acceptors (Lipinski definition) is 12. The summed E-state index contributed by atoms with van der Waals surface area (Å²) in [6.07, 6.45) is 3.64. The largest absolute Gasteiger partial charge is 0.393 e. The lowest BCUT2D eigenvalue weighted by molar-refractivity contribution is -0.384. The van der Waals surface area contributed by atoms with Crippen LogP contribution in [0.5, 0.6) is 0 Å². The van der Waals surface area contributed by atoms with Gasteiger partial charge in [-0.05, 0) is 89.5 Å². The Morgan fingerprint density at radius 3 is 1.37 bits per heavy atom. The fourth-order valence-electron chi connectivity index (χ4n) is 6.33. The summed E-state index contributed by atoms with van der Waals surface area (Å²) in [7, 11) is 0. The lowest BCUT2D eigenvalue weighted by Gasteiger charge is -2.14. The predicted octanol–water partition coefficient (Wildman–Crippen LogP) is 6.38. The summed E-state index contributed by atoms with van der Waals surface area (Å²) < 4.78 is 10.3. The molecule has 0 spiro atoms. The molecule has 2 aromatic heterocycles. The molecule has 0 aliphatic heterocycles. The minimum absolute atomic E-state index is 0.0175. The van der Waals surface area contributed by atoms with E-state index in [0.29, 0.717) is 58.3 Å². The van der Waals surface area contributed by atoms with Gasteiger partial charge < -0.3 is 29.9 Å². The minimum atomic E-state index is -0.393. The summed E-state index contributed by atoms with van der Waals surface area (Å²) in [4.78, 5) is 22.1. The van der Waals surface area contributed by atoms with Crippen LogP contribution >= 0.6 is 0 Å². The maximum atomic E-state index is 11.4. The molecular weight excluding hydrogens is 596 g/mol. The second kappa shape index (κ2) is 13.7. The number of anilines is 2. The van der Waals surface area contributed by atoms with Crippen molar-refractivity contribution in [3.05, 3.63) is 79.5 Å². The van der Waals surface area contributed by atoms with Crippen molar-refractivity contribution >= 4 is 22.7 Å². The SMILES string of the molecule is Cc1noc(C)c1-c1ccc(N[C@@H]2CC[C@@H](O)C2)c([N+](=O)[O-])c1.Cc1noc(C)c1-c1ccc(N[C@@H]2CC[C@@H](O)C2)c([N+](=O)[O-])c1. The molecule has 2 fully saturated rings. The zero-order chi connectivity index (χ0) is 33.1. The number of rotatable bonds is 8. The molecule has 2 aromatic carbocycles. The van der Waals surface area contributed by atoms with Gasteiger partial charge in [0.15, 0.2) is 0 Å². The van der Waals surface area contributed by atoms with E-state index in [0.717, 1.165) is 36.8 Å². The van der Waals surface area contributed by atoms with Crippen LogP contribution in [0.4, 0.5) is 22.7 Å². The van der Waals surface area contributed by atoms with Crippen LogP contribution in [-0.2, 0) is 0 Å². The maximum absolute atomic E-state index is 11.4. The molecule has 14 heteroatoms. The van der Waals surface area contributed by atoms with E-state index in [9.17, 15) is 30.4 Å². The van der Waals surface area contributed by atoms with Crippen LogP contribution in [0, 0.1) is 47.9 Å². The van der Waals surface area contributed by atoms with Crippen LogP contribution in [0.1, 0.15) is 61.4 Å². The van der Waals surface area contributed by atoms with Crippen molar-refractivity contribution in [2.45, 2.75) is 90.5 Å². The number of hydrogen-bond donors (Lipinski definition) is 4. The molecule has 46 heavy (non-hydrogen) atoms. The smallest absolute Gasteiger partial charge is 0.292 e. The highest BCUT2D eigenvalue weighted by Gasteiger charge is 2.27. The van der Waals surface area contributed by atoms with Gasteiger partial charge in [-0.3, -0.25) is 20.2 Å². The molecule has 4 atom stereocenters. The Morgan fingerprint density at radius 1 is 0.696 bits per heavy atom. The van der Waals surface area contributed by atoms with E-state index < -0.39 is 9.85 Å². The normalized spacial score (nSPS) is 20.7.